The molecule has 1 saturated heterocycles. The van der Waals surface area contributed by atoms with E-state index in [1.807, 2.05) is 37.3 Å². The molecule has 1 fully saturated rings. The minimum atomic E-state index is -0.913. The van der Waals surface area contributed by atoms with Crippen LogP contribution in [-0.4, -0.2) is 40.8 Å². The van der Waals surface area contributed by atoms with Gasteiger partial charge in [-0.05, 0) is 39.2 Å². The third-order valence-corrected chi connectivity index (χ3v) is 4.03. The number of carbonyl (C=O) groups is 1. The second-order valence-corrected chi connectivity index (χ2v) is 6.82. The van der Waals surface area contributed by atoms with Gasteiger partial charge in [0.05, 0.1) is 17.6 Å². The van der Waals surface area contributed by atoms with Gasteiger partial charge in [-0.2, -0.15) is 0 Å². The van der Waals surface area contributed by atoms with E-state index in [9.17, 15) is 9.90 Å². The smallest absolute Gasteiger partial charge is 0.228 e. The van der Waals surface area contributed by atoms with E-state index >= 15 is 0 Å². The van der Waals surface area contributed by atoms with E-state index in [2.05, 4.69) is 0 Å². The molecule has 0 bridgehead atoms. The van der Waals surface area contributed by atoms with Gasteiger partial charge in [0, 0.05) is 19.7 Å². The van der Waals surface area contributed by atoms with Crippen LogP contribution in [0.5, 0.6) is 0 Å². The third-order valence-electron chi connectivity index (χ3n) is 4.03. The molecule has 0 unspecified atom stereocenters. The second-order valence-electron chi connectivity index (χ2n) is 6.82. The zero-order valence-electron chi connectivity index (χ0n) is 13.8. The molecule has 1 aliphatic rings. The van der Waals surface area contributed by atoms with E-state index in [1.165, 1.54) is 0 Å². The first-order chi connectivity index (χ1) is 10.4. The number of ether oxygens (including phenoxy) is 1. The molecule has 1 aliphatic heterocycles. The zero-order chi connectivity index (χ0) is 16.2. The number of hydrogen-bond acceptors (Lipinski definition) is 3. The van der Waals surface area contributed by atoms with E-state index in [-0.39, 0.29) is 17.9 Å². The maximum atomic E-state index is 12.9. The van der Waals surface area contributed by atoms with E-state index < -0.39 is 5.60 Å². The van der Waals surface area contributed by atoms with Crippen molar-refractivity contribution in [1.82, 2.24) is 4.90 Å². The molecule has 4 nitrogen and oxygen atoms in total. The summed E-state index contributed by atoms with van der Waals surface area (Å²) in [6.07, 6.45) is 1.72. The molecular formula is C18H27NO3. The van der Waals surface area contributed by atoms with Crippen LogP contribution >= 0.6 is 0 Å². The van der Waals surface area contributed by atoms with Gasteiger partial charge in [0.1, 0.15) is 0 Å². The number of aliphatic hydroxyl groups is 1. The summed E-state index contributed by atoms with van der Waals surface area (Å²) in [6, 6.07) is 9.91. The van der Waals surface area contributed by atoms with Gasteiger partial charge < -0.3 is 14.7 Å². The van der Waals surface area contributed by atoms with E-state index in [0.29, 0.717) is 13.1 Å². The molecule has 1 aromatic rings. The van der Waals surface area contributed by atoms with Gasteiger partial charge in [-0.25, -0.2) is 0 Å². The normalized spacial score (nSPS) is 22.4. The Hall–Kier alpha value is -1.39. The number of carbonyl (C=O) groups excluding carboxylic acids is 1. The standard InChI is InChI=1S/C18H27NO3/c1-14-16(10-7-11-22-14)17(20)19(13-18(2,3)21)12-15-8-5-4-6-9-15/h4-6,8-9,14,16,21H,7,10-13H2,1-3H3/t14-,16+/m1/s1. The predicted molar refractivity (Wildman–Crippen MR) is 86.3 cm³/mol. The van der Waals surface area contributed by atoms with Gasteiger partial charge in [0.2, 0.25) is 5.91 Å². The lowest BCUT2D eigenvalue weighted by Gasteiger charge is -2.35. The Bertz CT molecular complexity index is 481. The highest BCUT2D eigenvalue weighted by molar-refractivity contribution is 5.79. The fourth-order valence-electron chi connectivity index (χ4n) is 2.96. The Balaban J connectivity index is 2.14. The van der Waals surface area contributed by atoms with Crippen LogP contribution in [0.2, 0.25) is 0 Å². The predicted octanol–water partition coefficient (Wildman–Crippen LogP) is 2.60. The Morgan fingerprint density at radius 3 is 2.64 bits per heavy atom. The molecular weight excluding hydrogens is 278 g/mol. The van der Waals surface area contributed by atoms with Crippen LogP contribution in [0.15, 0.2) is 30.3 Å². The zero-order valence-corrected chi connectivity index (χ0v) is 13.8. The van der Waals surface area contributed by atoms with Crippen LogP contribution in [0.3, 0.4) is 0 Å². The van der Waals surface area contributed by atoms with Gasteiger partial charge in [0.15, 0.2) is 0 Å². The molecule has 0 aromatic heterocycles. The van der Waals surface area contributed by atoms with Gasteiger partial charge in [-0.15, -0.1) is 0 Å². The van der Waals surface area contributed by atoms with Crippen LogP contribution in [0.25, 0.3) is 0 Å². The topological polar surface area (TPSA) is 49.8 Å². The van der Waals surface area contributed by atoms with Gasteiger partial charge >= 0.3 is 0 Å². The van der Waals surface area contributed by atoms with Crippen molar-refractivity contribution >= 4 is 5.91 Å². The van der Waals surface area contributed by atoms with E-state index in [4.69, 9.17) is 4.74 Å². The molecule has 22 heavy (non-hydrogen) atoms. The Kier molecular flexibility index (Phi) is 5.59. The lowest BCUT2D eigenvalue weighted by Crippen LogP contribution is -2.47. The Labute approximate surface area is 133 Å². The Morgan fingerprint density at radius 1 is 1.36 bits per heavy atom. The fourth-order valence-corrected chi connectivity index (χ4v) is 2.96. The molecule has 0 aliphatic carbocycles. The van der Waals surface area contributed by atoms with E-state index in [1.54, 1.807) is 18.7 Å². The van der Waals surface area contributed by atoms with Crippen molar-refractivity contribution in [2.24, 2.45) is 5.92 Å². The van der Waals surface area contributed by atoms with Gasteiger partial charge in [-0.3, -0.25) is 4.79 Å². The largest absolute Gasteiger partial charge is 0.389 e. The minimum absolute atomic E-state index is 0.0543. The van der Waals surface area contributed by atoms with Gasteiger partial charge in [-0.1, -0.05) is 30.3 Å². The highest BCUT2D eigenvalue weighted by Gasteiger charge is 2.33. The summed E-state index contributed by atoms with van der Waals surface area (Å²) in [5.74, 6) is -0.0296. The van der Waals surface area contributed by atoms with Crippen LogP contribution in [0.4, 0.5) is 0 Å². The highest BCUT2D eigenvalue weighted by atomic mass is 16.5. The van der Waals surface area contributed by atoms with Crippen molar-refractivity contribution in [2.75, 3.05) is 13.2 Å². The average molecular weight is 305 g/mol. The molecule has 1 aromatic carbocycles. The molecule has 1 heterocycles. The summed E-state index contributed by atoms with van der Waals surface area (Å²) in [5, 5.41) is 10.2. The molecule has 4 heteroatoms. The fraction of sp³-hybridized carbons (Fsp3) is 0.611. The molecule has 0 radical (unpaired) electrons. The van der Waals surface area contributed by atoms with Crippen LogP contribution in [0.1, 0.15) is 39.2 Å². The molecule has 0 spiro atoms. The van der Waals surface area contributed by atoms with Crippen molar-refractivity contribution in [3.63, 3.8) is 0 Å². The lowest BCUT2D eigenvalue weighted by atomic mass is 9.93. The maximum Gasteiger partial charge on any atom is 0.228 e. The SMILES string of the molecule is C[C@H]1OCCC[C@@H]1C(=O)N(Cc1ccccc1)CC(C)(C)O. The maximum absolute atomic E-state index is 12.9. The number of hydrogen-bond donors (Lipinski definition) is 1. The summed E-state index contributed by atoms with van der Waals surface area (Å²) in [5.41, 5.74) is 0.160. The van der Waals surface area contributed by atoms with Crippen molar-refractivity contribution in [1.29, 1.82) is 0 Å². The first-order valence-corrected chi connectivity index (χ1v) is 8.03. The third kappa shape index (κ3) is 4.82. The minimum Gasteiger partial charge on any atom is -0.389 e. The highest BCUT2D eigenvalue weighted by Crippen LogP contribution is 2.24. The monoisotopic (exact) mass is 305 g/mol. The molecule has 122 valence electrons. The first kappa shape index (κ1) is 17.0. The lowest BCUT2D eigenvalue weighted by molar-refractivity contribution is -0.147. The van der Waals surface area contributed by atoms with Crippen LogP contribution < -0.4 is 0 Å². The average Bonchev–Trinajstić information content (AvgIpc) is 2.46. The van der Waals surface area contributed by atoms with E-state index in [0.717, 1.165) is 25.0 Å². The number of nitrogens with zero attached hydrogens (tertiary/aromatic N) is 1. The van der Waals surface area contributed by atoms with Gasteiger partial charge in [0.25, 0.3) is 0 Å². The van der Waals surface area contributed by atoms with Crippen molar-refractivity contribution in [2.45, 2.75) is 51.9 Å². The summed E-state index contributed by atoms with van der Waals surface area (Å²) in [4.78, 5) is 14.7. The van der Waals surface area contributed by atoms with Crippen molar-refractivity contribution < 1.29 is 14.6 Å². The Morgan fingerprint density at radius 2 is 2.05 bits per heavy atom. The van der Waals surface area contributed by atoms with Crippen LogP contribution in [-0.2, 0) is 16.1 Å². The molecule has 0 saturated carbocycles. The molecule has 1 N–H and O–H groups in total. The van der Waals surface area contributed by atoms with Crippen molar-refractivity contribution in [3.8, 4) is 0 Å². The van der Waals surface area contributed by atoms with Crippen molar-refractivity contribution in [3.05, 3.63) is 35.9 Å². The summed E-state index contributed by atoms with van der Waals surface area (Å²) in [6.45, 7) is 7.01. The summed E-state index contributed by atoms with van der Waals surface area (Å²) in [7, 11) is 0. The first-order valence-electron chi connectivity index (χ1n) is 8.03. The number of rotatable bonds is 5. The molecule has 1 amide bonds. The molecule has 2 rings (SSSR count). The molecule has 2 atom stereocenters. The van der Waals surface area contributed by atoms with Crippen LogP contribution in [0, 0.1) is 5.92 Å². The number of benzene rings is 1. The second kappa shape index (κ2) is 7.25. The summed E-state index contributed by atoms with van der Waals surface area (Å²) >= 11 is 0. The number of amides is 1. The quantitative estimate of drug-likeness (QED) is 0.909. The summed E-state index contributed by atoms with van der Waals surface area (Å²) < 4.78 is 5.63.